The first-order valence-corrected chi connectivity index (χ1v) is 9.19. The summed E-state index contributed by atoms with van der Waals surface area (Å²) in [5.41, 5.74) is 7.10. The summed E-state index contributed by atoms with van der Waals surface area (Å²) in [7, 11) is -3.24. The number of hydrogen-bond donors (Lipinski definition) is 1. The van der Waals surface area contributed by atoms with E-state index < -0.39 is 9.84 Å². The molecule has 3 nitrogen and oxygen atoms in total. The highest BCUT2D eigenvalue weighted by atomic mass is 35.5. The van der Waals surface area contributed by atoms with Crippen LogP contribution in [-0.2, 0) is 15.4 Å². The van der Waals surface area contributed by atoms with Gasteiger partial charge < -0.3 is 5.73 Å². The zero-order valence-electron chi connectivity index (χ0n) is 11.4. The van der Waals surface area contributed by atoms with Gasteiger partial charge in [-0.25, -0.2) is 8.42 Å². The van der Waals surface area contributed by atoms with Gasteiger partial charge in [0.15, 0.2) is 9.84 Å². The molecule has 2 saturated carbocycles. The van der Waals surface area contributed by atoms with Crippen molar-refractivity contribution >= 4 is 21.4 Å². The number of hydrogen-bond acceptors (Lipinski definition) is 3. The van der Waals surface area contributed by atoms with Crippen molar-refractivity contribution in [2.24, 2.45) is 5.73 Å². The monoisotopic (exact) mass is 313 g/mol. The second-order valence-corrected chi connectivity index (χ2v) is 8.71. The highest BCUT2D eigenvalue weighted by molar-refractivity contribution is 7.92. The number of rotatable bonds is 3. The van der Waals surface area contributed by atoms with Crippen molar-refractivity contribution in [3.05, 3.63) is 28.8 Å². The van der Waals surface area contributed by atoms with Gasteiger partial charge in [-0.15, -0.1) is 0 Å². The van der Waals surface area contributed by atoms with Crippen LogP contribution in [0.25, 0.3) is 0 Å². The van der Waals surface area contributed by atoms with Crippen molar-refractivity contribution in [3.63, 3.8) is 0 Å². The van der Waals surface area contributed by atoms with E-state index in [1.54, 1.807) is 12.1 Å². The third-order valence-corrected chi connectivity index (χ3v) is 7.27. The maximum absolute atomic E-state index is 12.3. The van der Waals surface area contributed by atoms with Crippen LogP contribution in [-0.4, -0.2) is 13.7 Å². The second kappa shape index (κ2) is 5.00. The fourth-order valence-corrected chi connectivity index (χ4v) is 5.28. The van der Waals surface area contributed by atoms with Crippen molar-refractivity contribution in [2.45, 2.75) is 60.6 Å². The molecule has 1 aromatic carbocycles. The van der Waals surface area contributed by atoms with Gasteiger partial charge in [-0.2, -0.15) is 0 Å². The van der Waals surface area contributed by atoms with E-state index in [2.05, 4.69) is 0 Å². The Labute approximate surface area is 125 Å². The quantitative estimate of drug-likeness (QED) is 0.930. The van der Waals surface area contributed by atoms with Crippen molar-refractivity contribution < 1.29 is 8.42 Å². The molecule has 2 aliphatic rings. The molecule has 0 unspecified atom stereocenters. The highest BCUT2D eigenvalue weighted by Gasteiger charge is 2.38. The summed E-state index contributed by atoms with van der Waals surface area (Å²) in [6.45, 7) is 0. The van der Waals surface area contributed by atoms with Crippen molar-refractivity contribution in [1.82, 2.24) is 0 Å². The van der Waals surface area contributed by atoms with Crippen LogP contribution in [0.4, 0.5) is 0 Å². The molecule has 2 N–H and O–H groups in total. The van der Waals surface area contributed by atoms with E-state index in [9.17, 15) is 8.42 Å². The van der Waals surface area contributed by atoms with E-state index >= 15 is 0 Å². The van der Waals surface area contributed by atoms with Crippen LogP contribution < -0.4 is 5.73 Å². The lowest BCUT2D eigenvalue weighted by Gasteiger charge is -2.34. The summed E-state index contributed by atoms with van der Waals surface area (Å²) in [6.07, 6.45) is 6.85. The fraction of sp³-hybridized carbons (Fsp3) is 0.600. The lowest BCUT2D eigenvalue weighted by atomic mass is 9.77. The molecule has 1 aromatic rings. The van der Waals surface area contributed by atoms with Gasteiger partial charge in [-0.1, -0.05) is 36.9 Å². The molecule has 0 aromatic heterocycles. The Morgan fingerprint density at radius 1 is 1.15 bits per heavy atom. The summed E-state index contributed by atoms with van der Waals surface area (Å²) >= 11 is 6.23. The molecule has 0 heterocycles. The van der Waals surface area contributed by atoms with Gasteiger partial charge >= 0.3 is 0 Å². The van der Waals surface area contributed by atoms with Gasteiger partial charge in [0.1, 0.15) is 0 Å². The zero-order chi connectivity index (χ0) is 14.4. The van der Waals surface area contributed by atoms with Crippen molar-refractivity contribution in [2.75, 3.05) is 0 Å². The van der Waals surface area contributed by atoms with Crippen molar-refractivity contribution in [3.8, 4) is 0 Å². The highest BCUT2D eigenvalue weighted by Crippen LogP contribution is 2.40. The first kappa shape index (κ1) is 14.4. The summed E-state index contributed by atoms with van der Waals surface area (Å²) in [6, 6.07) is 5.27. The first-order chi connectivity index (χ1) is 9.43. The SMILES string of the molecule is NC1(c2ccc(S(=O)(=O)C3CC3)c(Cl)c2)CCCCC1. The van der Waals surface area contributed by atoms with Crippen LogP contribution in [0, 0.1) is 0 Å². The predicted molar refractivity (Wildman–Crippen MR) is 80.6 cm³/mol. The molecule has 0 atom stereocenters. The first-order valence-electron chi connectivity index (χ1n) is 7.26. The van der Waals surface area contributed by atoms with E-state index in [0.717, 1.165) is 44.1 Å². The molecule has 110 valence electrons. The summed E-state index contributed by atoms with van der Waals surface area (Å²) < 4.78 is 24.5. The van der Waals surface area contributed by atoms with Gasteiger partial charge in [-0.3, -0.25) is 0 Å². The summed E-state index contributed by atoms with van der Waals surface area (Å²) in [4.78, 5) is 0.268. The van der Waals surface area contributed by atoms with Gasteiger partial charge in [0.25, 0.3) is 0 Å². The van der Waals surface area contributed by atoms with Gasteiger partial charge in [0.05, 0.1) is 15.2 Å². The third kappa shape index (κ3) is 2.49. The zero-order valence-corrected chi connectivity index (χ0v) is 13.0. The van der Waals surface area contributed by atoms with Crippen molar-refractivity contribution in [1.29, 1.82) is 0 Å². The molecule has 0 saturated heterocycles. The van der Waals surface area contributed by atoms with Crippen LogP contribution in [0.3, 0.4) is 0 Å². The topological polar surface area (TPSA) is 60.2 Å². The molecule has 2 aliphatic carbocycles. The summed E-state index contributed by atoms with van der Waals surface area (Å²) in [5, 5.41) is 0.0946. The molecule has 0 spiro atoms. The average Bonchev–Trinajstić information content (AvgIpc) is 3.23. The summed E-state index contributed by atoms with van der Waals surface area (Å²) in [5.74, 6) is 0. The van der Waals surface area contributed by atoms with Gasteiger partial charge in [0, 0.05) is 5.54 Å². The molecule has 0 aliphatic heterocycles. The molecule has 3 rings (SSSR count). The Hall–Kier alpha value is -0.580. The molecule has 20 heavy (non-hydrogen) atoms. The minimum Gasteiger partial charge on any atom is -0.321 e. The minimum absolute atomic E-state index is 0.229. The Balaban J connectivity index is 1.95. The van der Waals surface area contributed by atoms with E-state index in [-0.39, 0.29) is 15.7 Å². The lowest BCUT2D eigenvalue weighted by Crippen LogP contribution is -2.38. The lowest BCUT2D eigenvalue weighted by molar-refractivity contribution is 0.302. The number of benzene rings is 1. The van der Waals surface area contributed by atoms with Crippen LogP contribution in [0.1, 0.15) is 50.5 Å². The standard InChI is InChI=1S/C15H20ClNO2S/c16-13-10-11(15(17)8-2-1-3-9-15)4-7-14(13)20(18,19)12-5-6-12/h4,7,10,12H,1-3,5-6,8-9,17H2. The fourth-order valence-electron chi connectivity index (χ4n) is 3.07. The number of nitrogens with two attached hydrogens (primary N) is 1. The van der Waals surface area contributed by atoms with Gasteiger partial charge in [-0.05, 0) is 43.4 Å². The predicted octanol–water partition coefficient (Wildman–Crippen LogP) is 3.39. The largest absolute Gasteiger partial charge is 0.321 e. The van der Waals surface area contributed by atoms with E-state index in [4.69, 9.17) is 17.3 Å². The number of sulfone groups is 1. The third-order valence-electron chi connectivity index (χ3n) is 4.52. The molecular formula is C15H20ClNO2S. The maximum atomic E-state index is 12.3. The molecule has 2 fully saturated rings. The maximum Gasteiger partial charge on any atom is 0.182 e. The van der Waals surface area contributed by atoms with Crippen LogP contribution in [0.15, 0.2) is 23.1 Å². The smallest absolute Gasteiger partial charge is 0.182 e. The Kier molecular flexibility index (Phi) is 3.59. The minimum atomic E-state index is -3.24. The second-order valence-electron chi connectivity index (χ2n) is 6.11. The molecule has 0 bridgehead atoms. The normalized spacial score (nSPS) is 22.7. The Morgan fingerprint density at radius 2 is 1.80 bits per heavy atom. The van der Waals surface area contributed by atoms with E-state index in [1.165, 1.54) is 6.42 Å². The molecule has 0 amide bonds. The van der Waals surface area contributed by atoms with E-state index in [0.29, 0.717) is 5.02 Å². The number of halogens is 1. The molecular weight excluding hydrogens is 294 g/mol. The molecule has 0 radical (unpaired) electrons. The molecule has 5 heteroatoms. The van der Waals surface area contributed by atoms with Crippen LogP contribution in [0.5, 0.6) is 0 Å². The Morgan fingerprint density at radius 3 is 2.35 bits per heavy atom. The van der Waals surface area contributed by atoms with Crippen LogP contribution in [0.2, 0.25) is 5.02 Å². The Bertz CT molecular complexity index is 617. The van der Waals surface area contributed by atoms with Gasteiger partial charge in [0.2, 0.25) is 0 Å². The van der Waals surface area contributed by atoms with E-state index in [1.807, 2.05) is 6.07 Å². The van der Waals surface area contributed by atoms with Crippen LogP contribution >= 0.6 is 11.6 Å². The average molecular weight is 314 g/mol.